The van der Waals surface area contributed by atoms with Crippen molar-refractivity contribution in [1.29, 1.82) is 5.26 Å². The molecule has 0 aliphatic carbocycles. The summed E-state index contributed by atoms with van der Waals surface area (Å²) in [7, 11) is 0. The van der Waals surface area contributed by atoms with Gasteiger partial charge < -0.3 is 15.0 Å². The predicted octanol–water partition coefficient (Wildman–Crippen LogP) is 0.891. The minimum atomic E-state index is -0.495. The van der Waals surface area contributed by atoms with Crippen LogP contribution in [-0.2, 0) is 17.9 Å². The molecule has 1 amide bonds. The number of aromatic nitrogens is 2. The van der Waals surface area contributed by atoms with Gasteiger partial charge in [0.2, 0.25) is 5.91 Å². The highest BCUT2D eigenvalue weighted by molar-refractivity contribution is 5.79. The Labute approximate surface area is 189 Å². The molecule has 1 fully saturated rings. The zero-order chi connectivity index (χ0) is 23.1. The molecule has 2 atom stereocenters. The molecular weight excluding hydrogens is 406 g/mol. The van der Waals surface area contributed by atoms with Crippen molar-refractivity contribution < 1.29 is 9.90 Å². The maximum atomic E-state index is 13.0. The molecule has 0 radical (unpaired) electrons. The lowest BCUT2D eigenvalue weighted by molar-refractivity contribution is -0.143. The van der Waals surface area contributed by atoms with E-state index in [0.29, 0.717) is 37.5 Å². The van der Waals surface area contributed by atoms with Crippen molar-refractivity contribution in [2.75, 3.05) is 26.4 Å². The van der Waals surface area contributed by atoms with E-state index in [1.165, 1.54) is 0 Å². The first-order chi connectivity index (χ1) is 15.4. The maximum absolute atomic E-state index is 13.0. The molecule has 172 valence electrons. The van der Waals surface area contributed by atoms with Crippen LogP contribution in [0.4, 0.5) is 0 Å². The Kier molecular flexibility index (Phi) is 8.36. The van der Waals surface area contributed by atoms with Crippen molar-refractivity contribution in [2.24, 2.45) is 17.7 Å². The topological polar surface area (TPSA) is 123 Å². The number of piperazine rings is 1. The van der Waals surface area contributed by atoms with E-state index in [2.05, 4.69) is 39.7 Å². The molecule has 1 saturated heterocycles. The van der Waals surface area contributed by atoms with E-state index in [9.17, 15) is 9.90 Å². The monoisotopic (exact) mass is 439 g/mol. The van der Waals surface area contributed by atoms with E-state index in [4.69, 9.17) is 11.1 Å². The fourth-order valence-electron chi connectivity index (χ4n) is 4.29. The molecule has 1 aromatic carbocycles. The summed E-state index contributed by atoms with van der Waals surface area (Å²) in [5.41, 5.74) is 2.79. The van der Waals surface area contributed by atoms with Gasteiger partial charge in [0.1, 0.15) is 6.73 Å². The number of aliphatic hydroxyl groups is 1. The molecule has 2 heterocycles. The van der Waals surface area contributed by atoms with E-state index in [1.807, 2.05) is 36.8 Å². The lowest BCUT2D eigenvalue weighted by Gasteiger charge is -2.41. The van der Waals surface area contributed by atoms with Crippen molar-refractivity contribution in [3.8, 4) is 6.07 Å². The lowest BCUT2D eigenvalue weighted by atomic mass is 9.87. The van der Waals surface area contributed by atoms with Gasteiger partial charge >= 0.3 is 0 Å². The number of nitrogens with one attached hydrogen (secondary N) is 1. The van der Waals surface area contributed by atoms with Gasteiger partial charge in [0.25, 0.3) is 0 Å². The van der Waals surface area contributed by atoms with Crippen LogP contribution >= 0.6 is 0 Å². The first-order valence-electron chi connectivity index (χ1n) is 11.0. The van der Waals surface area contributed by atoms with Gasteiger partial charge in [0.05, 0.1) is 29.6 Å². The summed E-state index contributed by atoms with van der Waals surface area (Å²) < 4.78 is 2.10. The Morgan fingerprint density at radius 2 is 2.12 bits per heavy atom. The zero-order valence-electron chi connectivity index (χ0n) is 18.8. The van der Waals surface area contributed by atoms with Gasteiger partial charge in [-0.25, -0.2) is 10.8 Å². The van der Waals surface area contributed by atoms with Crippen LogP contribution in [0.1, 0.15) is 37.1 Å². The van der Waals surface area contributed by atoms with Gasteiger partial charge in [0.15, 0.2) is 0 Å². The van der Waals surface area contributed by atoms with Crippen LogP contribution < -0.4 is 11.2 Å². The molecule has 2 unspecified atom stereocenters. The summed E-state index contributed by atoms with van der Waals surface area (Å²) >= 11 is 0. The number of nitriles is 1. The molecule has 9 nitrogen and oxygen atoms in total. The number of benzene rings is 1. The fraction of sp³-hybridized carbons (Fsp3) is 0.522. The molecule has 1 aliphatic rings. The Morgan fingerprint density at radius 1 is 1.38 bits per heavy atom. The average Bonchev–Trinajstić information content (AvgIpc) is 3.23. The number of hydrazine groups is 1. The molecule has 2 aromatic rings. The fourth-order valence-corrected chi connectivity index (χ4v) is 4.29. The average molecular weight is 440 g/mol. The van der Waals surface area contributed by atoms with Crippen molar-refractivity contribution in [3.05, 3.63) is 53.6 Å². The second-order valence-electron chi connectivity index (χ2n) is 8.75. The molecule has 3 rings (SSSR count). The van der Waals surface area contributed by atoms with Gasteiger partial charge in [0, 0.05) is 45.0 Å². The third-order valence-electron chi connectivity index (χ3n) is 5.94. The number of hydrogen-bond acceptors (Lipinski definition) is 7. The number of carbonyl (C=O) groups excluding carboxylic acids is 1. The molecule has 1 aliphatic heterocycles. The summed E-state index contributed by atoms with van der Waals surface area (Å²) in [6.45, 7) is 7.34. The second kappa shape index (κ2) is 11.2. The molecular formula is C23H33N7O2. The molecule has 9 heteroatoms. The zero-order valence-corrected chi connectivity index (χ0v) is 18.8. The number of imidazole rings is 1. The number of carbonyl (C=O) groups is 1. The molecule has 0 saturated carbocycles. The smallest absolute Gasteiger partial charge is 0.243 e. The van der Waals surface area contributed by atoms with Crippen LogP contribution in [0.5, 0.6) is 0 Å². The van der Waals surface area contributed by atoms with Gasteiger partial charge in [-0.05, 0) is 30.0 Å². The minimum Gasteiger partial charge on any atom is -0.375 e. The highest BCUT2D eigenvalue weighted by atomic mass is 16.3. The summed E-state index contributed by atoms with van der Waals surface area (Å²) in [4.78, 5) is 19.6. The number of amides is 1. The largest absolute Gasteiger partial charge is 0.375 e. The Bertz CT molecular complexity index is 919. The second-order valence-corrected chi connectivity index (χ2v) is 8.75. The van der Waals surface area contributed by atoms with Gasteiger partial charge in [-0.3, -0.25) is 14.7 Å². The standard InChI is InChI=1S/C23H33N7O2/c1-17(2)9-21(23(32)30(25)16-31)22-12-26-7-8-28(22)14-20-11-27-15-29(20)13-19-5-3-18(10-24)4-6-19/h3-6,11,15,17,21-22,26,31H,7-9,12-14,16,25H2,1-2H3. The maximum Gasteiger partial charge on any atom is 0.243 e. The highest BCUT2D eigenvalue weighted by Gasteiger charge is 2.36. The number of nitrogens with two attached hydrogens (primary N) is 1. The van der Waals surface area contributed by atoms with Crippen molar-refractivity contribution >= 4 is 5.91 Å². The van der Waals surface area contributed by atoms with E-state index in [1.54, 1.807) is 0 Å². The van der Waals surface area contributed by atoms with Crippen LogP contribution in [0, 0.1) is 23.2 Å². The third-order valence-corrected chi connectivity index (χ3v) is 5.94. The van der Waals surface area contributed by atoms with E-state index in [0.717, 1.165) is 29.4 Å². The Morgan fingerprint density at radius 3 is 2.78 bits per heavy atom. The van der Waals surface area contributed by atoms with Crippen LogP contribution in [0.3, 0.4) is 0 Å². The SMILES string of the molecule is CC(C)CC(C(=O)N(N)CO)C1CNCCN1Cc1cncn1Cc1ccc(C#N)cc1. The van der Waals surface area contributed by atoms with E-state index >= 15 is 0 Å². The summed E-state index contributed by atoms with van der Waals surface area (Å²) in [5.74, 6) is 5.55. The summed E-state index contributed by atoms with van der Waals surface area (Å²) in [6.07, 6.45) is 4.37. The Balaban J connectivity index is 1.78. The summed E-state index contributed by atoms with van der Waals surface area (Å²) in [5, 5.41) is 22.7. The van der Waals surface area contributed by atoms with E-state index < -0.39 is 6.73 Å². The predicted molar refractivity (Wildman–Crippen MR) is 121 cm³/mol. The molecule has 1 aromatic heterocycles. The molecule has 4 N–H and O–H groups in total. The third kappa shape index (κ3) is 5.93. The normalized spacial score (nSPS) is 17.8. The van der Waals surface area contributed by atoms with Gasteiger partial charge in [-0.15, -0.1) is 0 Å². The lowest BCUT2D eigenvalue weighted by Crippen LogP contribution is -2.58. The molecule has 0 spiro atoms. The van der Waals surface area contributed by atoms with Crippen LogP contribution in [0.15, 0.2) is 36.8 Å². The van der Waals surface area contributed by atoms with Crippen LogP contribution in [0.2, 0.25) is 0 Å². The number of rotatable bonds is 9. The Hall–Kier alpha value is -2.77. The molecule has 0 bridgehead atoms. The molecule has 32 heavy (non-hydrogen) atoms. The minimum absolute atomic E-state index is 0.0329. The highest BCUT2D eigenvalue weighted by Crippen LogP contribution is 2.24. The van der Waals surface area contributed by atoms with Gasteiger partial charge in [-0.2, -0.15) is 5.26 Å². The van der Waals surface area contributed by atoms with Crippen LogP contribution in [-0.4, -0.2) is 62.9 Å². The van der Waals surface area contributed by atoms with Crippen molar-refractivity contribution in [1.82, 2.24) is 24.8 Å². The number of hydrogen-bond donors (Lipinski definition) is 3. The number of nitrogens with zero attached hydrogens (tertiary/aromatic N) is 5. The van der Waals surface area contributed by atoms with E-state index in [-0.39, 0.29) is 17.9 Å². The summed E-state index contributed by atoms with van der Waals surface area (Å²) in [6, 6.07) is 9.66. The quantitative estimate of drug-likeness (QED) is 0.229. The van der Waals surface area contributed by atoms with Crippen molar-refractivity contribution in [2.45, 2.75) is 39.4 Å². The van der Waals surface area contributed by atoms with Crippen molar-refractivity contribution in [3.63, 3.8) is 0 Å². The number of aliphatic hydroxyl groups excluding tert-OH is 1. The first-order valence-corrected chi connectivity index (χ1v) is 11.0. The van der Waals surface area contributed by atoms with Crippen LogP contribution in [0.25, 0.3) is 0 Å². The van der Waals surface area contributed by atoms with Gasteiger partial charge in [-0.1, -0.05) is 26.0 Å². The first kappa shape index (κ1) is 23.9.